The number of fused-ring (bicyclic) bond motifs is 1. The molecule has 4 N–H and O–H groups in total. The van der Waals surface area contributed by atoms with Crippen LogP contribution in [-0.2, 0) is 11.1 Å². The second kappa shape index (κ2) is 4.74. The van der Waals surface area contributed by atoms with E-state index in [-0.39, 0.29) is 6.42 Å². The molecule has 0 atom stereocenters. The van der Waals surface area contributed by atoms with Gasteiger partial charge in [-0.15, -0.1) is 0 Å². The first-order valence-electron chi connectivity index (χ1n) is 4.94. The molecule has 0 fully saturated rings. The first-order chi connectivity index (χ1) is 8.47. The van der Waals surface area contributed by atoms with Crippen LogP contribution in [0.4, 0.5) is 5.82 Å². The quantitative estimate of drug-likeness (QED) is 0.513. The molecule has 0 radical (unpaired) electrons. The van der Waals surface area contributed by atoms with Crippen molar-refractivity contribution < 1.29 is 14.4 Å². The number of rotatable bonds is 2. The van der Waals surface area contributed by atoms with Crippen molar-refractivity contribution in [1.29, 1.82) is 0 Å². The highest BCUT2D eigenvalue weighted by Crippen LogP contribution is 2.31. The summed E-state index contributed by atoms with van der Waals surface area (Å²) in [5.41, 5.74) is 8.56. The van der Waals surface area contributed by atoms with E-state index < -0.39 is 7.60 Å². The number of aromatic nitrogens is 4. The highest BCUT2D eigenvalue weighted by molar-refractivity contribution is 7.57. The molecule has 2 heterocycles. The van der Waals surface area contributed by atoms with E-state index in [2.05, 4.69) is 20.9 Å². The average Bonchev–Trinajstić information content (AvgIpc) is 2.68. The van der Waals surface area contributed by atoms with Crippen LogP contribution in [0, 0.1) is 11.6 Å². The van der Waals surface area contributed by atoms with E-state index in [9.17, 15) is 4.57 Å². The van der Waals surface area contributed by atoms with Crippen LogP contribution in [0.1, 0.15) is 6.42 Å². The first kappa shape index (κ1) is 12.5. The summed E-state index contributed by atoms with van der Waals surface area (Å²) in [7, 11) is -4.26. The highest BCUT2D eigenvalue weighted by atomic mass is 31.2. The van der Waals surface area contributed by atoms with Crippen LogP contribution in [0.2, 0.25) is 0 Å². The number of nitrogens with two attached hydrogens (primary N) is 1. The lowest BCUT2D eigenvalue weighted by Crippen LogP contribution is -1.98. The van der Waals surface area contributed by atoms with Gasteiger partial charge in [0.1, 0.15) is 11.8 Å². The Hall–Kier alpha value is -1.94. The summed E-state index contributed by atoms with van der Waals surface area (Å²) < 4.78 is 12.2. The Kier molecular flexibility index (Phi) is 3.30. The minimum atomic E-state index is -4.26. The van der Waals surface area contributed by atoms with E-state index in [1.54, 1.807) is 4.57 Å². The third kappa shape index (κ3) is 2.84. The molecule has 0 saturated heterocycles. The SMILES string of the molecule is Nc1ncnc2c1ncn2CCC#CP(=O)(O)O. The third-order valence-corrected chi connectivity index (χ3v) is 2.58. The monoisotopic (exact) mass is 267 g/mol. The Morgan fingerprint density at radius 2 is 2.17 bits per heavy atom. The average molecular weight is 267 g/mol. The van der Waals surface area contributed by atoms with E-state index in [1.807, 2.05) is 5.66 Å². The Labute approximate surface area is 102 Å². The van der Waals surface area contributed by atoms with E-state index in [4.69, 9.17) is 15.5 Å². The van der Waals surface area contributed by atoms with Crippen molar-refractivity contribution in [3.05, 3.63) is 12.7 Å². The van der Waals surface area contributed by atoms with E-state index in [1.165, 1.54) is 12.7 Å². The standard InChI is InChI=1S/C9H10N5O3P/c10-8-7-9(12-5-11-8)14(6-13-7)3-1-2-4-18(15,16)17/h5-6H,1,3H2,(H2,10,11,12)(H2,15,16,17). The largest absolute Gasteiger partial charge is 0.400 e. The first-order valence-corrected chi connectivity index (χ1v) is 6.55. The number of nitrogens with zero attached hydrogens (tertiary/aromatic N) is 4. The number of hydrogen-bond donors (Lipinski definition) is 3. The number of imidazole rings is 1. The Bertz CT molecular complexity index is 680. The predicted octanol–water partition coefficient (Wildman–Crippen LogP) is -0.0628. The lowest BCUT2D eigenvalue weighted by atomic mass is 10.4. The molecule has 8 nitrogen and oxygen atoms in total. The Morgan fingerprint density at radius 1 is 1.39 bits per heavy atom. The number of nitrogen functional groups attached to an aromatic ring is 1. The van der Waals surface area contributed by atoms with Gasteiger partial charge < -0.3 is 20.1 Å². The third-order valence-electron chi connectivity index (χ3n) is 2.13. The molecule has 0 amide bonds. The fourth-order valence-electron chi connectivity index (χ4n) is 1.40. The van der Waals surface area contributed by atoms with Crippen molar-refractivity contribution in [2.24, 2.45) is 0 Å². The zero-order chi connectivity index (χ0) is 13.2. The lowest BCUT2D eigenvalue weighted by Gasteiger charge is -1.99. The van der Waals surface area contributed by atoms with Crippen molar-refractivity contribution in [2.75, 3.05) is 5.73 Å². The maximum Gasteiger partial charge on any atom is 0.400 e. The molecule has 0 spiro atoms. The maximum atomic E-state index is 10.5. The second-order valence-corrected chi connectivity index (χ2v) is 4.76. The van der Waals surface area contributed by atoms with Gasteiger partial charge in [0.15, 0.2) is 11.5 Å². The van der Waals surface area contributed by atoms with Crippen LogP contribution in [0.25, 0.3) is 11.2 Å². The fourth-order valence-corrected chi connectivity index (χ4v) is 1.72. The second-order valence-electron chi connectivity index (χ2n) is 3.45. The van der Waals surface area contributed by atoms with Gasteiger partial charge in [-0.1, -0.05) is 5.92 Å². The normalized spacial score (nSPS) is 11.2. The summed E-state index contributed by atoms with van der Waals surface area (Å²) in [6.45, 7) is 0.417. The molecule has 0 bridgehead atoms. The maximum absolute atomic E-state index is 10.5. The van der Waals surface area contributed by atoms with Gasteiger partial charge in [-0.2, -0.15) is 0 Å². The van der Waals surface area contributed by atoms with Gasteiger partial charge in [0.25, 0.3) is 0 Å². The molecule has 2 aromatic heterocycles. The molecule has 0 aliphatic carbocycles. The van der Waals surface area contributed by atoms with Crippen LogP contribution in [-0.4, -0.2) is 29.3 Å². The number of anilines is 1. The van der Waals surface area contributed by atoms with Crippen LogP contribution in [0.15, 0.2) is 12.7 Å². The molecule has 9 heteroatoms. The zero-order valence-corrected chi connectivity index (χ0v) is 10.1. The summed E-state index contributed by atoms with van der Waals surface area (Å²) in [6, 6.07) is 0. The van der Waals surface area contributed by atoms with Crippen molar-refractivity contribution in [1.82, 2.24) is 19.5 Å². The topological polar surface area (TPSA) is 127 Å². The van der Waals surface area contributed by atoms with Gasteiger partial charge in [-0.05, 0) is 0 Å². The van der Waals surface area contributed by atoms with Gasteiger partial charge in [0, 0.05) is 18.6 Å². The molecule has 2 rings (SSSR count). The van der Waals surface area contributed by atoms with E-state index >= 15 is 0 Å². The molecule has 0 aliphatic rings. The minimum absolute atomic E-state index is 0.278. The molecule has 2 aromatic rings. The summed E-state index contributed by atoms with van der Waals surface area (Å²) in [6.07, 6.45) is 3.15. The van der Waals surface area contributed by atoms with Gasteiger partial charge in [0.2, 0.25) is 0 Å². The fraction of sp³-hybridized carbons (Fsp3) is 0.222. The van der Waals surface area contributed by atoms with E-state index in [0.29, 0.717) is 23.5 Å². The Morgan fingerprint density at radius 3 is 2.89 bits per heavy atom. The lowest BCUT2D eigenvalue weighted by molar-refractivity contribution is 0.388. The van der Waals surface area contributed by atoms with Gasteiger partial charge >= 0.3 is 7.60 Å². The van der Waals surface area contributed by atoms with Crippen molar-refractivity contribution in [3.63, 3.8) is 0 Å². The molecule has 0 aromatic carbocycles. The number of aryl methyl sites for hydroxylation is 1. The van der Waals surface area contributed by atoms with Crippen molar-refractivity contribution in [3.8, 4) is 11.6 Å². The molecule has 94 valence electrons. The molecule has 0 saturated carbocycles. The highest BCUT2D eigenvalue weighted by Gasteiger charge is 2.07. The van der Waals surface area contributed by atoms with E-state index in [0.717, 1.165) is 0 Å². The summed E-state index contributed by atoms with van der Waals surface area (Å²) in [5, 5.41) is 0. The molecule has 0 unspecified atom stereocenters. The van der Waals surface area contributed by atoms with Crippen molar-refractivity contribution >= 4 is 24.6 Å². The van der Waals surface area contributed by atoms with Crippen LogP contribution in [0.3, 0.4) is 0 Å². The summed E-state index contributed by atoms with van der Waals surface area (Å²) in [4.78, 5) is 29.0. The summed E-state index contributed by atoms with van der Waals surface area (Å²) >= 11 is 0. The van der Waals surface area contributed by atoms with Gasteiger partial charge in [0.05, 0.1) is 6.33 Å². The zero-order valence-electron chi connectivity index (χ0n) is 9.19. The van der Waals surface area contributed by atoms with Crippen molar-refractivity contribution in [2.45, 2.75) is 13.0 Å². The van der Waals surface area contributed by atoms with Gasteiger partial charge in [-0.25, -0.2) is 19.5 Å². The smallest absolute Gasteiger partial charge is 0.382 e. The van der Waals surface area contributed by atoms with Gasteiger partial charge in [-0.3, -0.25) is 0 Å². The minimum Gasteiger partial charge on any atom is -0.382 e. The molecule has 18 heavy (non-hydrogen) atoms. The van der Waals surface area contributed by atoms with Crippen LogP contribution < -0.4 is 5.73 Å². The van der Waals surface area contributed by atoms with Crippen LogP contribution >= 0.6 is 7.60 Å². The summed E-state index contributed by atoms with van der Waals surface area (Å²) in [5.74, 6) is 2.70. The molecular formula is C9H10N5O3P. The predicted molar refractivity (Wildman–Crippen MR) is 64.2 cm³/mol. The molecule has 0 aliphatic heterocycles. The Balaban J connectivity index is 2.15. The molecular weight excluding hydrogens is 257 g/mol. The van der Waals surface area contributed by atoms with Crippen LogP contribution in [0.5, 0.6) is 0 Å². The number of hydrogen-bond acceptors (Lipinski definition) is 5.